The highest BCUT2D eigenvalue weighted by Crippen LogP contribution is 2.18. The molecule has 0 bridgehead atoms. The van der Waals surface area contributed by atoms with E-state index in [0.29, 0.717) is 25.7 Å². The number of ether oxygens (including phenoxy) is 1. The van der Waals surface area contributed by atoms with Crippen LogP contribution in [-0.2, 0) is 9.53 Å². The van der Waals surface area contributed by atoms with E-state index in [1.165, 1.54) is 83.1 Å². The number of hydrogen-bond acceptors (Lipinski definition) is 4. The van der Waals surface area contributed by atoms with Gasteiger partial charge in [-0.3, -0.25) is 0 Å². The minimum absolute atomic E-state index is 0.222. The molecule has 0 aromatic rings. The average Bonchev–Trinajstić information content (AvgIpc) is 2.70. The number of unbranched alkanes of at least 4 members (excludes halogenated alkanes) is 12. The van der Waals surface area contributed by atoms with Crippen LogP contribution in [0.4, 0.5) is 0 Å². The van der Waals surface area contributed by atoms with Gasteiger partial charge in [-0.1, -0.05) is 96.5 Å². The number of hydrogen-bond donors (Lipinski definition) is 2. The fourth-order valence-electron chi connectivity index (χ4n) is 4.06. The minimum atomic E-state index is -0.513. The van der Waals surface area contributed by atoms with E-state index < -0.39 is 6.10 Å². The molecule has 0 saturated heterocycles. The molecule has 0 radical (unpaired) electrons. The third kappa shape index (κ3) is 15.6. The Morgan fingerprint density at radius 3 is 1.90 bits per heavy atom. The van der Waals surface area contributed by atoms with E-state index in [1.54, 1.807) is 6.08 Å². The number of carbonyl (C=O) groups excluding carboxylic acids is 1. The molecule has 29 heavy (non-hydrogen) atoms. The lowest BCUT2D eigenvalue weighted by Crippen LogP contribution is -2.25. The SMILES string of the molecule is CCCCCCCCCCCCCCC[C@H](O)CC[C@H](O)C[C@H]1CC=CC(=O)O1. The van der Waals surface area contributed by atoms with Crippen LogP contribution in [-0.4, -0.2) is 34.5 Å². The molecule has 170 valence electrons. The number of rotatable bonds is 19. The molecule has 0 amide bonds. The van der Waals surface area contributed by atoms with Crippen molar-refractivity contribution >= 4 is 5.97 Å². The van der Waals surface area contributed by atoms with Crippen LogP contribution in [0.2, 0.25) is 0 Å². The van der Waals surface area contributed by atoms with Crippen LogP contribution in [0.1, 0.15) is 122 Å². The van der Waals surface area contributed by atoms with Crippen molar-refractivity contribution in [2.24, 2.45) is 0 Å². The Morgan fingerprint density at radius 1 is 0.828 bits per heavy atom. The van der Waals surface area contributed by atoms with Gasteiger partial charge in [-0.2, -0.15) is 0 Å². The standard InChI is InChI=1S/C25H46O4/c1-2-3-4-5-6-7-8-9-10-11-12-13-14-16-22(26)19-20-23(27)21-24-17-15-18-25(28)29-24/h15,18,22-24,26-27H,2-14,16-17,19-21H2,1H3/t22-,23-,24+/m0/s1. The summed E-state index contributed by atoms with van der Waals surface area (Å²) in [7, 11) is 0. The van der Waals surface area contributed by atoms with Gasteiger partial charge in [0.05, 0.1) is 12.2 Å². The van der Waals surface area contributed by atoms with Gasteiger partial charge in [-0.25, -0.2) is 4.79 Å². The van der Waals surface area contributed by atoms with Gasteiger partial charge < -0.3 is 14.9 Å². The summed E-state index contributed by atoms with van der Waals surface area (Å²) in [6.07, 6.45) is 22.7. The van der Waals surface area contributed by atoms with Crippen LogP contribution < -0.4 is 0 Å². The Bertz CT molecular complexity index is 421. The van der Waals surface area contributed by atoms with Crippen molar-refractivity contribution < 1.29 is 19.7 Å². The molecule has 0 aromatic carbocycles. The summed E-state index contributed by atoms with van der Waals surface area (Å²) in [5.41, 5.74) is 0. The lowest BCUT2D eigenvalue weighted by Gasteiger charge is -2.22. The maximum Gasteiger partial charge on any atom is 0.330 e. The van der Waals surface area contributed by atoms with Crippen molar-refractivity contribution in [1.29, 1.82) is 0 Å². The van der Waals surface area contributed by atoms with E-state index in [-0.39, 0.29) is 18.2 Å². The van der Waals surface area contributed by atoms with Crippen molar-refractivity contribution in [3.05, 3.63) is 12.2 Å². The lowest BCUT2D eigenvalue weighted by atomic mass is 9.99. The molecular weight excluding hydrogens is 364 g/mol. The quantitative estimate of drug-likeness (QED) is 0.196. The zero-order valence-electron chi connectivity index (χ0n) is 18.8. The first-order valence-corrected chi connectivity index (χ1v) is 12.3. The molecule has 0 saturated carbocycles. The summed E-state index contributed by atoms with van der Waals surface area (Å²) in [6, 6.07) is 0. The molecular formula is C25H46O4. The van der Waals surface area contributed by atoms with E-state index in [4.69, 9.17) is 4.74 Å². The number of esters is 1. The number of carbonyl (C=O) groups is 1. The van der Waals surface area contributed by atoms with E-state index >= 15 is 0 Å². The van der Waals surface area contributed by atoms with E-state index in [0.717, 1.165) is 12.8 Å². The molecule has 0 aliphatic carbocycles. The van der Waals surface area contributed by atoms with Crippen molar-refractivity contribution in [3.8, 4) is 0 Å². The van der Waals surface area contributed by atoms with Crippen LogP contribution in [0.25, 0.3) is 0 Å². The van der Waals surface area contributed by atoms with Gasteiger partial charge in [0.2, 0.25) is 0 Å². The molecule has 4 heteroatoms. The maximum atomic E-state index is 11.2. The Kier molecular flexibility index (Phi) is 16.2. The number of aliphatic hydroxyl groups is 2. The summed E-state index contributed by atoms with van der Waals surface area (Å²) < 4.78 is 5.17. The summed E-state index contributed by atoms with van der Waals surface area (Å²) in [6.45, 7) is 2.27. The van der Waals surface area contributed by atoms with Gasteiger partial charge in [0.25, 0.3) is 0 Å². The van der Waals surface area contributed by atoms with E-state index in [1.807, 2.05) is 0 Å². The second kappa shape index (κ2) is 17.9. The molecule has 1 heterocycles. The van der Waals surface area contributed by atoms with E-state index in [2.05, 4.69) is 6.92 Å². The van der Waals surface area contributed by atoms with Crippen molar-refractivity contribution in [2.45, 2.75) is 141 Å². The Hall–Kier alpha value is -0.870. The van der Waals surface area contributed by atoms with Gasteiger partial charge in [0.15, 0.2) is 0 Å². The maximum absolute atomic E-state index is 11.2. The third-order valence-corrected chi connectivity index (χ3v) is 5.94. The fourth-order valence-corrected chi connectivity index (χ4v) is 4.06. The highest BCUT2D eigenvalue weighted by Gasteiger charge is 2.20. The summed E-state index contributed by atoms with van der Waals surface area (Å²) in [5.74, 6) is -0.323. The molecule has 0 spiro atoms. The molecule has 0 aromatic heterocycles. The molecule has 1 aliphatic rings. The highest BCUT2D eigenvalue weighted by atomic mass is 16.5. The minimum Gasteiger partial charge on any atom is -0.459 e. The van der Waals surface area contributed by atoms with Gasteiger partial charge in [0.1, 0.15) is 6.10 Å². The first kappa shape index (κ1) is 26.2. The zero-order chi connectivity index (χ0) is 21.2. The Morgan fingerprint density at radius 2 is 1.34 bits per heavy atom. The molecule has 0 unspecified atom stereocenters. The molecule has 3 atom stereocenters. The van der Waals surface area contributed by atoms with Crippen molar-refractivity contribution in [1.82, 2.24) is 0 Å². The predicted molar refractivity (Wildman–Crippen MR) is 120 cm³/mol. The summed E-state index contributed by atoms with van der Waals surface area (Å²) in [5, 5.41) is 20.2. The fraction of sp³-hybridized carbons (Fsp3) is 0.880. The van der Waals surface area contributed by atoms with Gasteiger partial charge in [-0.05, 0) is 19.3 Å². The lowest BCUT2D eigenvalue weighted by molar-refractivity contribution is -0.145. The molecule has 1 rings (SSSR count). The molecule has 4 nitrogen and oxygen atoms in total. The smallest absolute Gasteiger partial charge is 0.330 e. The van der Waals surface area contributed by atoms with E-state index in [9.17, 15) is 15.0 Å². The Balaban J connectivity index is 1.85. The van der Waals surface area contributed by atoms with Crippen LogP contribution >= 0.6 is 0 Å². The number of aliphatic hydroxyl groups excluding tert-OH is 2. The predicted octanol–water partition coefficient (Wildman–Crippen LogP) is 6.23. The summed E-state index contributed by atoms with van der Waals surface area (Å²) >= 11 is 0. The average molecular weight is 411 g/mol. The first-order chi connectivity index (χ1) is 14.1. The number of cyclic esters (lactones) is 1. The second-order valence-corrected chi connectivity index (χ2v) is 8.85. The van der Waals surface area contributed by atoms with Crippen molar-refractivity contribution in [2.75, 3.05) is 0 Å². The molecule has 2 N–H and O–H groups in total. The van der Waals surface area contributed by atoms with Gasteiger partial charge >= 0.3 is 5.97 Å². The topological polar surface area (TPSA) is 66.8 Å². The van der Waals surface area contributed by atoms with Crippen LogP contribution in [0, 0.1) is 0 Å². The first-order valence-electron chi connectivity index (χ1n) is 12.3. The third-order valence-electron chi connectivity index (χ3n) is 5.94. The normalized spacial score (nSPS) is 18.6. The molecule has 1 aliphatic heterocycles. The Labute approximate surface area is 179 Å². The summed E-state index contributed by atoms with van der Waals surface area (Å²) in [4.78, 5) is 11.2. The van der Waals surface area contributed by atoms with Crippen molar-refractivity contribution in [3.63, 3.8) is 0 Å². The second-order valence-electron chi connectivity index (χ2n) is 8.85. The zero-order valence-corrected chi connectivity index (χ0v) is 18.8. The largest absolute Gasteiger partial charge is 0.459 e. The van der Waals surface area contributed by atoms with Crippen LogP contribution in [0.3, 0.4) is 0 Å². The van der Waals surface area contributed by atoms with Gasteiger partial charge in [0, 0.05) is 18.9 Å². The molecule has 0 fully saturated rings. The van der Waals surface area contributed by atoms with Gasteiger partial charge in [-0.15, -0.1) is 0 Å². The highest BCUT2D eigenvalue weighted by molar-refractivity contribution is 5.82. The monoisotopic (exact) mass is 410 g/mol. The van der Waals surface area contributed by atoms with Crippen LogP contribution in [0.5, 0.6) is 0 Å². The van der Waals surface area contributed by atoms with Crippen LogP contribution in [0.15, 0.2) is 12.2 Å².